The molecule has 3 rings (SSSR count). The molecule has 7 nitrogen and oxygen atoms in total. The van der Waals surface area contributed by atoms with Crippen molar-refractivity contribution in [1.29, 1.82) is 0 Å². The fourth-order valence-electron chi connectivity index (χ4n) is 3.17. The average molecular weight is 252 g/mol. The largest absolute Gasteiger partial charge is 0.465 e. The number of rotatable bonds is 2. The van der Waals surface area contributed by atoms with Crippen molar-refractivity contribution in [3.63, 3.8) is 0 Å². The lowest BCUT2D eigenvalue weighted by Gasteiger charge is -2.36. The molecular weight excluding hydrogens is 236 g/mol. The average Bonchev–Trinajstić information content (AvgIpc) is 2.81. The van der Waals surface area contributed by atoms with E-state index in [1.807, 2.05) is 0 Å². The second-order valence-electron chi connectivity index (χ2n) is 5.10. The third-order valence-electron chi connectivity index (χ3n) is 3.91. The highest BCUT2D eigenvalue weighted by atomic mass is 16.5. The predicted octanol–water partition coefficient (Wildman–Crippen LogP) is 0.860. The smallest absolute Gasteiger partial charge is 0.404 e. The molecule has 1 amide bonds. The Bertz CT molecular complexity index is 447. The van der Waals surface area contributed by atoms with Gasteiger partial charge in [0.15, 0.2) is 5.82 Å². The molecule has 0 radical (unpaired) electrons. The van der Waals surface area contributed by atoms with Crippen molar-refractivity contribution < 1.29 is 14.4 Å². The van der Waals surface area contributed by atoms with Crippen LogP contribution in [0, 0.1) is 18.8 Å². The fraction of sp³-hybridized carbons (Fsp3) is 0.727. The van der Waals surface area contributed by atoms with Gasteiger partial charge in [0, 0.05) is 19.1 Å². The highest BCUT2D eigenvalue weighted by molar-refractivity contribution is 5.65. The standard InChI is InChI=1S/C11H16N4O3/c1-6-12-10(18-14-6)15-4-7-2-3-8(5-15)9(7)13-11(16)17/h7-9,13H,2-5H2,1H3,(H,16,17)/t7-,8+,9-. The Morgan fingerprint density at radius 3 is 2.61 bits per heavy atom. The van der Waals surface area contributed by atoms with Crippen molar-refractivity contribution in [2.45, 2.75) is 25.8 Å². The summed E-state index contributed by atoms with van der Waals surface area (Å²) in [5.74, 6) is 1.31. The van der Waals surface area contributed by atoms with Crippen LogP contribution in [0.2, 0.25) is 0 Å². The second kappa shape index (κ2) is 4.15. The number of carboxylic acid groups (broad SMARTS) is 1. The maximum atomic E-state index is 10.8. The monoisotopic (exact) mass is 252 g/mol. The van der Waals surface area contributed by atoms with Gasteiger partial charge in [-0.25, -0.2) is 4.79 Å². The second-order valence-corrected chi connectivity index (χ2v) is 5.10. The molecule has 1 aromatic rings. The molecule has 98 valence electrons. The number of aryl methyl sites for hydroxylation is 1. The summed E-state index contributed by atoms with van der Waals surface area (Å²) in [6.45, 7) is 3.35. The first kappa shape index (κ1) is 11.3. The first-order valence-corrected chi connectivity index (χ1v) is 6.18. The quantitative estimate of drug-likeness (QED) is 0.811. The van der Waals surface area contributed by atoms with E-state index >= 15 is 0 Å². The number of hydrogen-bond donors (Lipinski definition) is 2. The Morgan fingerprint density at radius 2 is 2.11 bits per heavy atom. The van der Waals surface area contributed by atoms with Gasteiger partial charge in [0.05, 0.1) is 0 Å². The van der Waals surface area contributed by atoms with Gasteiger partial charge in [-0.2, -0.15) is 4.98 Å². The Kier molecular flexibility index (Phi) is 2.61. The van der Waals surface area contributed by atoms with Gasteiger partial charge in [0.2, 0.25) is 0 Å². The summed E-state index contributed by atoms with van der Waals surface area (Å²) in [5.41, 5.74) is 0. The molecule has 2 fully saturated rings. The van der Waals surface area contributed by atoms with Crippen LogP contribution in [0.15, 0.2) is 4.52 Å². The minimum Gasteiger partial charge on any atom is -0.465 e. The van der Waals surface area contributed by atoms with Crippen LogP contribution in [0.3, 0.4) is 0 Å². The van der Waals surface area contributed by atoms with Crippen LogP contribution < -0.4 is 10.2 Å². The van der Waals surface area contributed by atoms with Crippen LogP contribution in [0.4, 0.5) is 10.8 Å². The zero-order valence-corrected chi connectivity index (χ0v) is 10.2. The van der Waals surface area contributed by atoms with E-state index in [2.05, 4.69) is 20.4 Å². The molecule has 1 aromatic heterocycles. The van der Waals surface area contributed by atoms with E-state index in [9.17, 15) is 4.79 Å². The highest BCUT2D eigenvalue weighted by Crippen LogP contribution is 2.38. The summed E-state index contributed by atoms with van der Waals surface area (Å²) in [5, 5.41) is 15.3. The van der Waals surface area contributed by atoms with Crippen molar-refractivity contribution in [3.05, 3.63) is 5.82 Å². The van der Waals surface area contributed by atoms with E-state index in [1.165, 1.54) is 0 Å². The molecule has 2 heterocycles. The topological polar surface area (TPSA) is 91.5 Å². The molecule has 2 bridgehead atoms. The van der Waals surface area contributed by atoms with Crippen LogP contribution in [-0.4, -0.2) is 40.5 Å². The molecular formula is C11H16N4O3. The number of carbonyl (C=O) groups is 1. The number of nitrogens with zero attached hydrogens (tertiary/aromatic N) is 3. The van der Waals surface area contributed by atoms with Gasteiger partial charge in [-0.3, -0.25) is 0 Å². The van der Waals surface area contributed by atoms with Crippen LogP contribution in [0.1, 0.15) is 18.7 Å². The molecule has 0 spiro atoms. The maximum Gasteiger partial charge on any atom is 0.404 e. The van der Waals surface area contributed by atoms with Crippen LogP contribution in [-0.2, 0) is 0 Å². The summed E-state index contributed by atoms with van der Waals surface area (Å²) in [4.78, 5) is 17.1. The number of fused-ring (bicyclic) bond motifs is 2. The van der Waals surface area contributed by atoms with Gasteiger partial charge < -0.3 is 19.8 Å². The maximum absolute atomic E-state index is 10.8. The van der Waals surface area contributed by atoms with Crippen molar-refractivity contribution in [2.75, 3.05) is 18.0 Å². The van der Waals surface area contributed by atoms with Gasteiger partial charge in [-0.1, -0.05) is 5.16 Å². The van der Waals surface area contributed by atoms with Gasteiger partial charge in [-0.15, -0.1) is 0 Å². The molecule has 1 aliphatic carbocycles. The van der Waals surface area contributed by atoms with Crippen molar-refractivity contribution >= 4 is 12.1 Å². The summed E-state index contributed by atoms with van der Waals surface area (Å²) < 4.78 is 5.17. The Balaban J connectivity index is 1.73. The van der Waals surface area contributed by atoms with E-state index < -0.39 is 6.09 Å². The van der Waals surface area contributed by atoms with Gasteiger partial charge >= 0.3 is 12.1 Å². The van der Waals surface area contributed by atoms with Crippen LogP contribution >= 0.6 is 0 Å². The molecule has 1 saturated heterocycles. The lowest BCUT2D eigenvalue weighted by Crippen LogP contribution is -2.52. The van der Waals surface area contributed by atoms with Gasteiger partial charge in [-0.05, 0) is 31.6 Å². The van der Waals surface area contributed by atoms with Crippen molar-refractivity contribution in [1.82, 2.24) is 15.5 Å². The molecule has 2 aliphatic rings. The lowest BCUT2D eigenvalue weighted by atomic mass is 9.92. The first-order valence-electron chi connectivity index (χ1n) is 6.18. The zero-order valence-electron chi connectivity index (χ0n) is 10.2. The summed E-state index contributed by atoms with van der Waals surface area (Å²) in [6.07, 6.45) is 1.18. The number of amides is 1. The lowest BCUT2D eigenvalue weighted by molar-refractivity contribution is 0.178. The molecule has 2 N–H and O–H groups in total. The molecule has 18 heavy (non-hydrogen) atoms. The van der Waals surface area contributed by atoms with E-state index in [-0.39, 0.29) is 6.04 Å². The van der Waals surface area contributed by atoms with E-state index in [1.54, 1.807) is 6.92 Å². The summed E-state index contributed by atoms with van der Waals surface area (Å²) in [6, 6.07) is 0.626. The number of aromatic nitrogens is 2. The van der Waals surface area contributed by atoms with E-state index in [0.29, 0.717) is 23.7 Å². The summed E-state index contributed by atoms with van der Waals surface area (Å²) >= 11 is 0. The Labute approximate surface area is 104 Å². The van der Waals surface area contributed by atoms with Gasteiger partial charge in [0.25, 0.3) is 0 Å². The number of nitrogens with one attached hydrogen (secondary N) is 1. The fourth-order valence-corrected chi connectivity index (χ4v) is 3.17. The van der Waals surface area contributed by atoms with Crippen molar-refractivity contribution in [2.24, 2.45) is 11.8 Å². The van der Waals surface area contributed by atoms with Crippen LogP contribution in [0.5, 0.6) is 0 Å². The number of anilines is 1. The van der Waals surface area contributed by atoms with Crippen LogP contribution in [0.25, 0.3) is 0 Å². The van der Waals surface area contributed by atoms with Gasteiger partial charge in [0.1, 0.15) is 0 Å². The highest BCUT2D eigenvalue weighted by Gasteiger charge is 2.43. The minimum absolute atomic E-state index is 0.0720. The molecule has 1 aliphatic heterocycles. The zero-order chi connectivity index (χ0) is 12.7. The minimum atomic E-state index is -0.931. The number of piperidine rings is 1. The summed E-state index contributed by atoms with van der Waals surface area (Å²) in [7, 11) is 0. The SMILES string of the molecule is Cc1noc(N2C[C@H]3CC[C@@H](C2)[C@@H]3NC(=O)O)n1. The molecule has 1 saturated carbocycles. The first-order chi connectivity index (χ1) is 8.63. The number of hydrogen-bond acceptors (Lipinski definition) is 5. The predicted molar refractivity (Wildman–Crippen MR) is 62.4 cm³/mol. The third-order valence-corrected chi connectivity index (χ3v) is 3.91. The third kappa shape index (κ3) is 1.89. The van der Waals surface area contributed by atoms with Crippen molar-refractivity contribution in [3.8, 4) is 0 Å². The molecule has 0 unspecified atom stereocenters. The van der Waals surface area contributed by atoms with E-state index in [0.717, 1.165) is 25.9 Å². The molecule has 7 heteroatoms. The Morgan fingerprint density at radius 1 is 1.44 bits per heavy atom. The Hall–Kier alpha value is -1.79. The molecule has 0 aromatic carbocycles. The van der Waals surface area contributed by atoms with E-state index in [4.69, 9.17) is 9.63 Å². The molecule has 3 atom stereocenters. The normalized spacial score (nSPS) is 30.5.